The van der Waals surface area contributed by atoms with Crippen molar-refractivity contribution in [2.45, 2.75) is 53.8 Å². The van der Waals surface area contributed by atoms with Gasteiger partial charge < -0.3 is 30.2 Å². The van der Waals surface area contributed by atoms with Gasteiger partial charge in [0.1, 0.15) is 57.6 Å². The molecule has 9 rings (SSSR count). The first-order valence-corrected chi connectivity index (χ1v) is 32.8. The molecule has 0 aromatic heterocycles. The first kappa shape index (κ1) is 69.6. The predicted octanol–water partition coefficient (Wildman–Crippen LogP) is 11.9. The number of halogens is 5. The van der Waals surface area contributed by atoms with Crippen molar-refractivity contribution in [3.8, 4) is 23.3 Å². The second-order valence-corrected chi connectivity index (χ2v) is 25.7. The highest BCUT2D eigenvalue weighted by Crippen LogP contribution is 2.32. The maximum Gasteiger partial charge on any atom is 0.241 e. The fourth-order valence-corrected chi connectivity index (χ4v) is 11.1. The number of nitrogens with one attached hydrogen (secondary N) is 3. The van der Waals surface area contributed by atoms with Gasteiger partial charge in [0.25, 0.3) is 0 Å². The molecule has 0 saturated carbocycles. The van der Waals surface area contributed by atoms with Gasteiger partial charge in [-0.1, -0.05) is 143 Å². The van der Waals surface area contributed by atoms with Crippen molar-refractivity contribution in [3.05, 3.63) is 265 Å². The summed E-state index contributed by atoms with van der Waals surface area (Å²) in [6, 6.07) is 54.8. The summed E-state index contributed by atoms with van der Waals surface area (Å²) < 4.78 is 102. The van der Waals surface area contributed by atoms with Crippen molar-refractivity contribution >= 4 is 111 Å². The number of sulfonamides is 3. The molecular formula is C64H54Cl4FN7O12S3. The van der Waals surface area contributed by atoms with Crippen LogP contribution >= 0.6 is 46.4 Å². The van der Waals surface area contributed by atoms with E-state index in [1.54, 1.807) is 121 Å². The minimum atomic E-state index is -4.13. The quantitative estimate of drug-likeness (QED) is 0.0390. The number of nitrogens with zero attached hydrogens (tertiary/aromatic N) is 1. The molecule has 19 nitrogen and oxygen atoms in total. The number of ether oxygens (including phenoxy) is 3. The minimum absolute atomic E-state index is 0.0149. The van der Waals surface area contributed by atoms with Crippen LogP contribution in [0, 0.1) is 17.1 Å². The maximum atomic E-state index is 13.0. The molecule has 27 heteroatoms. The van der Waals surface area contributed by atoms with E-state index in [0.29, 0.717) is 59.0 Å². The highest BCUT2D eigenvalue weighted by Gasteiger charge is 2.22. The van der Waals surface area contributed by atoms with Gasteiger partial charge in [-0.3, -0.25) is 14.4 Å². The lowest BCUT2D eigenvalue weighted by Gasteiger charge is -2.13. The Hall–Kier alpha value is -8.90. The fourth-order valence-electron chi connectivity index (χ4n) is 8.25. The van der Waals surface area contributed by atoms with Gasteiger partial charge in [-0.15, -0.1) is 0 Å². The zero-order valence-corrected chi connectivity index (χ0v) is 53.0. The van der Waals surface area contributed by atoms with Crippen LogP contribution in [0.1, 0.15) is 38.9 Å². The Morgan fingerprint density at radius 2 is 0.736 bits per heavy atom. The van der Waals surface area contributed by atoms with Crippen molar-refractivity contribution < 1.29 is 58.2 Å². The molecule has 470 valence electrons. The molecule has 0 aliphatic heterocycles. The van der Waals surface area contributed by atoms with Gasteiger partial charge in [-0.05, 0) is 131 Å². The molecule has 0 atom stereocenters. The fraction of sp³-hybridized carbons (Fsp3) is 0.0938. The van der Waals surface area contributed by atoms with Crippen molar-refractivity contribution in [2.75, 3.05) is 16.0 Å². The second kappa shape index (κ2) is 32.2. The molecule has 9 N–H and O–H groups in total. The third-order valence-corrected chi connectivity index (χ3v) is 16.9. The monoisotopic (exact) mass is 1370 g/mol. The van der Waals surface area contributed by atoms with Crippen LogP contribution in [0.3, 0.4) is 0 Å². The molecule has 0 saturated heterocycles. The number of amides is 3. The Bertz CT molecular complexity index is 4530. The summed E-state index contributed by atoms with van der Waals surface area (Å²) in [5, 5.41) is 34.8. The average Bonchev–Trinajstić information content (AvgIpc) is 1.09. The summed E-state index contributed by atoms with van der Waals surface area (Å²) in [5.41, 5.74) is 5.19. The smallest absolute Gasteiger partial charge is 0.241 e. The van der Waals surface area contributed by atoms with Crippen LogP contribution in [0.5, 0.6) is 17.2 Å². The molecule has 9 aromatic rings. The van der Waals surface area contributed by atoms with Crippen LogP contribution in [0.4, 0.5) is 21.5 Å². The van der Waals surface area contributed by atoms with E-state index < -0.39 is 30.1 Å². The number of anilines is 3. The van der Waals surface area contributed by atoms with Crippen molar-refractivity contribution in [2.24, 2.45) is 15.4 Å². The van der Waals surface area contributed by atoms with Crippen LogP contribution in [-0.4, -0.2) is 43.0 Å². The maximum absolute atomic E-state index is 13.0. The van der Waals surface area contributed by atoms with E-state index in [1.807, 2.05) is 6.07 Å². The molecule has 0 radical (unpaired) electrons. The van der Waals surface area contributed by atoms with Gasteiger partial charge in [0, 0.05) is 42.7 Å². The summed E-state index contributed by atoms with van der Waals surface area (Å²) in [5.74, 6) is -1.37. The van der Waals surface area contributed by atoms with Gasteiger partial charge in [-0.25, -0.2) is 45.1 Å². The number of primary sulfonamides is 3. The van der Waals surface area contributed by atoms with Crippen molar-refractivity contribution in [1.29, 1.82) is 5.26 Å². The third-order valence-electron chi connectivity index (χ3n) is 12.6. The Morgan fingerprint density at radius 1 is 0.407 bits per heavy atom. The number of nitriles is 1. The molecule has 3 amide bonds. The first-order valence-electron chi connectivity index (χ1n) is 26.7. The van der Waals surface area contributed by atoms with Crippen LogP contribution in [-0.2, 0) is 83.5 Å². The number of hydrogen-bond donors (Lipinski definition) is 6. The number of benzene rings is 9. The summed E-state index contributed by atoms with van der Waals surface area (Å²) in [4.78, 5) is 36.2. The summed E-state index contributed by atoms with van der Waals surface area (Å²) >= 11 is 24.3. The number of nitrogens with two attached hydrogens (primary N) is 3. The van der Waals surface area contributed by atoms with Gasteiger partial charge in [0.05, 0.1) is 30.9 Å². The highest BCUT2D eigenvalue weighted by molar-refractivity contribution is 7.89. The van der Waals surface area contributed by atoms with E-state index >= 15 is 0 Å². The lowest BCUT2D eigenvalue weighted by atomic mass is 10.1. The molecule has 91 heavy (non-hydrogen) atoms. The predicted molar refractivity (Wildman–Crippen MR) is 347 cm³/mol. The lowest BCUT2D eigenvalue weighted by molar-refractivity contribution is -0.116. The highest BCUT2D eigenvalue weighted by atomic mass is 35.5. The molecule has 0 aliphatic rings. The van der Waals surface area contributed by atoms with E-state index in [0.717, 1.165) is 0 Å². The van der Waals surface area contributed by atoms with Crippen molar-refractivity contribution in [1.82, 2.24) is 0 Å². The topological polar surface area (TPSA) is 319 Å². The third kappa shape index (κ3) is 21.6. The van der Waals surface area contributed by atoms with Crippen LogP contribution < -0.4 is 45.6 Å². The second-order valence-electron chi connectivity index (χ2n) is 19.5. The first-order chi connectivity index (χ1) is 43.2. The standard InChI is InChI=1S/C22H18ClN3O4S.C21H18Cl2N2O4S.C21H18ClFN2O4S/c23-19-7-2-1-6-17(19)11-22(27)26-18-8-9-20(21(12-18)31(25,28)29)30-14-16-5-3-4-15(10-16)13-24;22-17-7-3-1-5-14(17)11-21(26)25-16-9-10-19(20(12-16)30(24,27)28)29-13-15-6-2-4-8-18(15)23;22-18-4-2-1-3-15(18)11-21(26)25-17-9-10-19(20(12-17)30(24,27)28)29-13-14-5-7-16(23)8-6-14/h1-10,12H,11,14H2,(H,26,27)(H2,25,28,29);2*1-10,12H,11,13H2,(H,25,26)(H2,24,27,28). The molecule has 0 fully saturated rings. The SMILES string of the molecule is N#Cc1cccc(COc2ccc(NC(=O)Cc3ccccc3Cl)cc2S(N)(=O)=O)c1.NS(=O)(=O)c1cc(NC(=O)Cc2ccccc2Cl)ccc1OCc1ccc(F)cc1.NS(=O)(=O)c1cc(NC(=O)Cc2ccccc2Cl)ccc1OCc1ccccc1Cl. The molecule has 0 aliphatic carbocycles. The molecule has 0 unspecified atom stereocenters. The van der Waals surface area contributed by atoms with Crippen LogP contribution in [0.15, 0.2) is 215 Å². The van der Waals surface area contributed by atoms with Gasteiger partial charge >= 0.3 is 0 Å². The summed E-state index contributed by atoms with van der Waals surface area (Å²) in [7, 11) is -12.4. The zero-order chi connectivity index (χ0) is 65.9. The van der Waals surface area contributed by atoms with E-state index in [2.05, 4.69) is 16.0 Å². The van der Waals surface area contributed by atoms with Gasteiger partial charge in [0.15, 0.2) is 0 Å². The number of hydrogen-bond acceptors (Lipinski definition) is 13. The largest absolute Gasteiger partial charge is 0.487 e. The van der Waals surface area contributed by atoms with Crippen LogP contribution in [0.25, 0.3) is 0 Å². The molecule has 9 aromatic carbocycles. The van der Waals surface area contributed by atoms with Gasteiger partial charge in [-0.2, -0.15) is 5.26 Å². The van der Waals surface area contributed by atoms with Crippen LogP contribution in [0.2, 0.25) is 20.1 Å². The Morgan fingerprint density at radius 3 is 1.08 bits per heavy atom. The Balaban J connectivity index is 0.000000194. The Kier molecular flexibility index (Phi) is 24.6. The number of carbonyl (C=O) groups excluding carboxylic acids is 3. The van der Waals surface area contributed by atoms with E-state index in [1.165, 1.54) is 78.9 Å². The average molecular weight is 1370 g/mol. The Labute approximate surface area is 544 Å². The summed E-state index contributed by atoms with van der Waals surface area (Å²) in [6.45, 7) is 0.109. The molecular weight excluding hydrogens is 1320 g/mol. The summed E-state index contributed by atoms with van der Waals surface area (Å²) in [6.07, 6.45) is 0.0835. The zero-order valence-electron chi connectivity index (χ0n) is 47.5. The molecule has 0 bridgehead atoms. The van der Waals surface area contributed by atoms with Gasteiger partial charge in [0.2, 0.25) is 47.8 Å². The molecule has 0 heterocycles. The normalized spacial score (nSPS) is 11.1. The number of rotatable bonds is 21. The lowest BCUT2D eigenvalue weighted by Crippen LogP contribution is -2.17. The van der Waals surface area contributed by atoms with Crippen molar-refractivity contribution in [3.63, 3.8) is 0 Å². The minimum Gasteiger partial charge on any atom is -0.487 e. The van der Waals surface area contributed by atoms with E-state index in [-0.39, 0.29) is 112 Å². The number of carbonyl (C=O) groups is 3. The van der Waals surface area contributed by atoms with E-state index in [4.69, 9.17) is 81.3 Å². The molecule has 0 spiro atoms. The van der Waals surface area contributed by atoms with E-state index in [9.17, 15) is 44.0 Å².